The summed E-state index contributed by atoms with van der Waals surface area (Å²) < 4.78 is 0. The van der Waals surface area contributed by atoms with Crippen LogP contribution >= 0.6 is 0 Å². The molecule has 5 heteroatoms. The number of carbonyl (C=O) groups is 2. The molecule has 0 saturated carbocycles. The van der Waals surface area contributed by atoms with Gasteiger partial charge in [-0.15, -0.1) is 0 Å². The molecule has 0 amide bonds. The van der Waals surface area contributed by atoms with Gasteiger partial charge in [0.05, 0.1) is 6.61 Å². The zero-order valence-corrected chi connectivity index (χ0v) is 15.2. The highest BCUT2D eigenvalue weighted by molar-refractivity contribution is 6.12. The van der Waals surface area contributed by atoms with Gasteiger partial charge in [-0.3, -0.25) is 9.59 Å². The van der Waals surface area contributed by atoms with E-state index in [4.69, 9.17) is 0 Å². The van der Waals surface area contributed by atoms with Gasteiger partial charge >= 0.3 is 0 Å². The summed E-state index contributed by atoms with van der Waals surface area (Å²) in [5.74, 6) is -1.02. The summed E-state index contributed by atoms with van der Waals surface area (Å²) in [6.45, 7) is 7.38. The maximum Gasteiger partial charge on any atom is 0.224 e. The van der Waals surface area contributed by atoms with E-state index in [2.05, 4.69) is 0 Å². The minimum atomic E-state index is -1.12. The second kappa shape index (κ2) is 5.64. The Kier molecular flexibility index (Phi) is 4.08. The van der Waals surface area contributed by atoms with Gasteiger partial charge in [0.15, 0.2) is 11.5 Å². The number of fused-ring (bicyclic) bond motifs is 2. The SMILES string of the molecule is CC(C)C1=C(O)C(=O)C2=CC3=C(CO)C(=O)[C@H](O)C[C@@]3(C)CC[C@@]21C. The van der Waals surface area contributed by atoms with Gasteiger partial charge < -0.3 is 15.3 Å². The van der Waals surface area contributed by atoms with Gasteiger partial charge in [-0.2, -0.15) is 0 Å². The van der Waals surface area contributed by atoms with Crippen LogP contribution in [-0.4, -0.2) is 39.6 Å². The molecule has 3 N–H and O–H groups in total. The first-order valence-corrected chi connectivity index (χ1v) is 8.84. The van der Waals surface area contributed by atoms with Crippen LogP contribution in [0.2, 0.25) is 0 Å². The monoisotopic (exact) mass is 346 g/mol. The Morgan fingerprint density at radius 3 is 2.44 bits per heavy atom. The van der Waals surface area contributed by atoms with Gasteiger partial charge in [-0.05, 0) is 47.8 Å². The molecule has 0 heterocycles. The molecule has 0 aromatic carbocycles. The summed E-state index contributed by atoms with van der Waals surface area (Å²) in [4.78, 5) is 25.1. The molecular formula is C20H26O5. The number of carbonyl (C=O) groups excluding carboxylic acids is 2. The van der Waals surface area contributed by atoms with E-state index in [1.807, 2.05) is 27.7 Å². The molecule has 136 valence electrons. The summed E-state index contributed by atoms with van der Waals surface area (Å²) in [6.07, 6.45) is 2.16. The van der Waals surface area contributed by atoms with E-state index < -0.39 is 29.3 Å². The number of Topliss-reactive ketones (excluding diaryl/α,β-unsaturated/α-hetero) is 2. The summed E-state index contributed by atoms with van der Waals surface area (Å²) in [7, 11) is 0. The number of rotatable bonds is 2. The second-order valence-corrected chi connectivity index (χ2v) is 8.33. The standard InChI is InChI=1S/C20H26O5/c1-10(2)15-18(25)17(24)13-7-12-11(9-21)16(23)14(22)8-19(12,3)5-6-20(13,15)4/h7,10,14,21-22,25H,5-6,8-9H2,1-4H3/t14-,19-,20+/m1/s1. The van der Waals surface area contributed by atoms with Crippen molar-refractivity contribution >= 4 is 11.6 Å². The molecule has 0 spiro atoms. The Labute approximate surface area is 147 Å². The van der Waals surface area contributed by atoms with E-state index in [9.17, 15) is 24.9 Å². The Bertz CT molecular complexity index is 754. The predicted molar refractivity (Wildman–Crippen MR) is 92.8 cm³/mol. The largest absolute Gasteiger partial charge is 0.504 e. The smallest absolute Gasteiger partial charge is 0.224 e. The number of hydrogen-bond acceptors (Lipinski definition) is 5. The van der Waals surface area contributed by atoms with Gasteiger partial charge in [-0.1, -0.05) is 27.7 Å². The molecule has 3 rings (SSSR count). The van der Waals surface area contributed by atoms with Crippen molar-refractivity contribution in [3.63, 3.8) is 0 Å². The molecule has 25 heavy (non-hydrogen) atoms. The molecule has 3 atom stereocenters. The summed E-state index contributed by atoms with van der Waals surface area (Å²) in [5, 5.41) is 30.3. The van der Waals surface area contributed by atoms with Crippen molar-refractivity contribution in [1.29, 1.82) is 0 Å². The van der Waals surface area contributed by atoms with Gasteiger partial charge in [0, 0.05) is 16.6 Å². The van der Waals surface area contributed by atoms with Crippen molar-refractivity contribution in [1.82, 2.24) is 0 Å². The molecular weight excluding hydrogens is 320 g/mol. The predicted octanol–water partition coefficient (Wildman–Crippen LogP) is 2.39. The van der Waals surface area contributed by atoms with Crippen molar-refractivity contribution < 1.29 is 24.9 Å². The second-order valence-electron chi connectivity index (χ2n) is 8.33. The van der Waals surface area contributed by atoms with Crippen molar-refractivity contribution in [3.05, 3.63) is 34.1 Å². The van der Waals surface area contributed by atoms with Gasteiger partial charge in [0.1, 0.15) is 6.10 Å². The molecule has 0 aromatic rings. The molecule has 0 bridgehead atoms. The molecule has 3 aliphatic carbocycles. The Morgan fingerprint density at radius 1 is 1.24 bits per heavy atom. The third kappa shape index (κ3) is 2.36. The van der Waals surface area contributed by atoms with E-state index >= 15 is 0 Å². The number of aliphatic hydroxyl groups excluding tert-OH is 3. The zero-order chi connectivity index (χ0) is 18.7. The summed E-state index contributed by atoms with van der Waals surface area (Å²) in [6, 6.07) is 0. The lowest BCUT2D eigenvalue weighted by atomic mass is 9.66. The quantitative estimate of drug-likeness (QED) is 0.714. The minimum absolute atomic E-state index is 0.0197. The number of hydrogen-bond donors (Lipinski definition) is 3. The third-order valence-electron chi connectivity index (χ3n) is 6.32. The zero-order valence-electron chi connectivity index (χ0n) is 15.2. The fraction of sp³-hybridized carbons (Fsp3) is 0.600. The van der Waals surface area contributed by atoms with Crippen molar-refractivity contribution in [2.24, 2.45) is 16.7 Å². The lowest BCUT2D eigenvalue weighted by Gasteiger charge is -2.38. The fourth-order valence-electron chi connectivity index (χ4n) is 4.97. The van der Waals surface area contributed by atoms with E-state index in [1.54, 1.807) is 6.08 Å². The average Bonchev–Trinajstić information content (AvgIpc) is 2.63. The number of ketones is 2. The first kappa shape index (κ1) is 18.1. The van der Waals surface area contributed by atoms with Crippen LogP contribution in [0.5, 0.6) is 0 Å². The lowest BCUT2D eigenvalue weighted by molar-refractivity contribution is -0.126. The Morgan fingerprint density at radius 2 is 1.88 bits per heavy atom. The highest BCUT2D eigenvalue weighted by Crippen LogP contribution is 2.57. The van der Waals surface area contributed by atoms with Crippen LogP contribution in [0, 0.1) is 16.7 Å². The summed E-state index contributed by atoms with van der Waals surface area (Å²) >= 11 is 0. The topological polar surface area (TPSA) is 94.8 Å². The van der Waals surface area contributed by atoms with Crippen LogP contribution in [0.1, 0.15) is 47.0 Å². The molecule has 0 unspecified atom stereocenters. The Hall–Kier alpha value is -1.72. The van der Waals surface area contributed by atoms with Crippen LogP contribution in [0.15, 0.2) is 34.1 Å². The lowest BCUT2D eigenvalue weighted by Crippen LogP contribution is -2.39. The average molecular weight is 346 g/mol. The highest BCUT2D eigenvalue weighted by atomic mass is 16.3. The molecule has 0 radical (unpaired) electrons. The van der Waals surface area contributed by atoms with Gasteiger partial charge in [-0.25, -0.2) is 0 Å². The molecule has 5 nitrogen and oxygen atoms in total. The molecule has 0 aliphatic heterocycles. The van der Waals surface area contributed by atoms with Crippen molar-refractivity contribution in [3.8, 4) is 0 Å². The van der Waals surface area contributed by atoms with Crippen LogP contribution in [-0.2, 0) is 9.59 Å². The van der Waals surface area contributed by atoms with Gasteiger partial charge in [0.25, 0.3) is 0 Å². The maximum atomic E-state index is 12.7. The van der Waals surface area contributed by atoms with E-state index in [1.165, 1.54) is 0 Å². The summed E-state index contributed by atoms with van der Waals surface area (Å²) in [5.41, 5.74) is 0.978. The minimum Gasteiger partial charge on any atom is -0.504 e. The molecule has 0 aromatic heterocycles. The molecule has 0 fully saturated rings. The van der Waals surface area contributed by atoms with Crippen molar-refractivity contribution in [2.45, 2.75) is 53.1 Å². The number of allylic oxidation sites excluding steroid dienone is 4. The molecule has 3 aliphatic rings. The van der Waals surface area contributed by atoms with Crippen LogP contribution in [0.4, 0.5) is 0 Å². The van der Waals surface area contributed by atoms with Crippen LogP contribution < -0.4 is 0 Å². The van der Waals surface area contributed by atoms with E-state index in [0.29, 0.717) is 24.0 Å². The first-order chi connectivity index (χ1) is 11.6. The van der Waals surface area contributed by atoms with Crippen LogP contribution in [0.25, 0.3) is 0 Å². The van der Waals surface area contributed by atoms with E-state index in [0.717, 1.165) is 5.57 Å². The Balaban J connectivity index is 2.25. The van der Waals surface area contributed by atoms with Crippen LogP contribution in [0.3, 0.4) is 0 Å². The van der Waals surface area contributed by atoms with Crippen molar-refractivity contribution in [2.75, 3.05) is 6.61 Å². The normalized spacial score (nSPS) is 35.8. The highest BCUT2D eigenvalue weighted by Gasteiger charge is 2.52. The fourth-order valence-corrected chi connectivity index (χ4v) is 4.97. The first-order valence-electron chi connectivity index (χ1n) is 8.84. The third-order valence-corrected chi connectivity index (χ3v) is 6.32. The maximum absolute atomic E-state index is 12.7. The number of aliphatic hydroxyl groups is 3. The van der Waals surface area contributed by atoms with Gasteiger partial charge in [0.2, 0.25) is 5.78 Å². The molecule has 0 saturated heterocycles. The van der Waals surface area contributed by atoms with E-state index in [-0.39, 0.29) is 29.5 Å².